The lowest BCUT2D eigenvalue weighted by Gasteiger charge is -2.07. The molecule has 0 radical (unpaired) electrons. The minimum atomic E-state index is -1.02. The molecule has 0 aliphatic heterocycles. The summed E-state index contributed by atoms with van der Waals surface area (Å²) in [5, 5.41) is 20.8. The Morgan fingerprint density at radius 1 is 1.53 bits per heavy atom. The molecule has 1 heterocycles. The molecule has 1 atom stereocenters. The number of carbonyl (C=O) groups excluding carboxylic acids is 1. The van der Waals surface area contributed by atoms with Crippen LogP contribution in [0.25, 0.3) is 11.0 Å². The van der Waals surface area contributed by atoms with Crippen LogP contribution in [0.2, 0.25) is 0 Å². The second-order valence-corrected chi connectivity index (χ2v) is 4.24. The predicted molar refractivity (Wildman–Crippen MR) is 66.3 cm³/mol. The molecule has 2 rings (SSSR count). The summed E-state index contributed by atoms with van der Waals surface area (Å²) < 4.78 is 18.5. The molecule has 6 heteroatoms. The fourth-order valence-corrected chi connectivity index (χ4v) is 1.77. The molecule has 19 heavy (non-hydrogen) atoms. The van der Waals surface area contributed by atoms with Crippen LogP contribution in [-0.4, -0.2) is 35.4 Å². The molecular formula is C13H14FNO4. The Balaban J connectivity index is 2.25. The zero-order valence-electron chi connectivity index (χ0n) is 10.3. The summed E-state index contributed by atoms with van der Waals surface area (Å²) in [6, 6.07) is 4.01. The first kappa shape index (κ1) is 13.5. The number of halogens is 1. The van der Waals surface area contributed by atoms with Crippen LogP contribution in [0.5, 0.6) is 0 Å². The average Bonchev–Trinajstić information content (AvgIpc) is 2.73. The summed E-state index contributed by atoms with van der Waals surface area (Å²) in [5.74, 6) is -0.841. The summed E-state index contributed by atoms with van der Waals surface area (Å²) in [7, 11) is 0. The maximum Gasteiger partial charge on any atom is 0.287 e. The van der Waals surface area contributed by atoms with Gasteiger partial charge in [0, 0.05) is 17.5 Å². The fourth-order valence-electron chi connectivity index (χ4n) is 1.77. The highest BCUT2D eigenvalue weighted by molar-refractivity contribution is 5.98. The first-order valence-corrected chi connectivity index (χ1v) is 5.78. The molecule has 0 fully saturated rings. The van der Waals surface area contributed by atoms with Crippen molar-refractivity contribution in [2.75, 3.05) is 13.2 Å². The zero-order valence-corrected chi connectivity index (χ0v) is 10.3. The second-order valence-electron chi connectivity index (χ2n) is 4.24. The molecule has 1 unspecified atom stereocenters. The van der Waals surface area contributed by atoms with E-state index in [2.05, 4.69) is 5.32 Å². The van der Waals surface area contributed by atoms with Crippen molar-refractivity contribution in [3.63, 3.8) is 0 Å². The Morgan fingerprint density at radius 3 is 2.95 bits per heavy atom. The van der Waals surface area contributed by atoms with Gasteiger partial charge in [-0.05, 0) is 25.1 Å². The molecular weight excluding hydrogens is 253 g/mol. The molecule has 0 aliphatic carbocycles. The van der Waals surface area contributed by atoms with E-state index in [1.54, 1.807) is 6.92 Å². The normalized spacial score (nSPS) is 12.6. The van der Waals surface area contributed by atoms with Crippen molar-refractivity contribution in [1.82, 2.24) is 5.32 Å². The van der Waals surface area contributed by atoms with Crippen molar-refractivity contribution in [2.45, 2.75) is 13.0 Å². The first-order chi connectivity index (χ1) is 9.02. The Hall–Kier alpha value is -1.92. The summed E-state index contributed by atoms with van der Waals surface area (Å²) in [5.41, 5.74) is 0.956. The van der Waals surface area contributed by atoms with E-state index in [1.165, 1.54) is 18.2 Å². The number of carbonyl (C=O) groups is 1. The first-order valence-electron chi connectivity index (χ1n) is 5.78. The topological polar surface area (TPSA) is 82.7 Å². The summed E-state index contributed by atoms with van der Waals surface area (Å²) in [6.45, 7) is 1.13. The van der Waals surface area contributed by atoms with E-state index < -0.39 is 24.4 Å². The van der Waals surface area contributed by atoms with Crippen LogP contribution in [-0.2, 0) is 0 Å². The molecule has 5 nitrogen and oxygen atoms in total. The number of benzene rings is 1. The Bertz CT molecular complexity index is 608. The van der Waals surface area contributed by atoms with E-state index in [1.807, 2.05) is 0 Å². The van der Waals surface area contributed by atoms with Gasteiger partial charge in [0.15, 0.2) is 5.76 Å². The summed E-state index contributed by atoms with van der Waals surface area (Å²) >= 11 is 0. The fraction of sp³-hybridized carbons (Fsp3) is 0.308. The number of aliphatic hydroxyl groups excluding tert-OH is 2. The van der Waals surface area contributed by atoms with Crippen LogP contribution in [0.15, 0.2) is 22.6 Å². The molecule has 3 N–H and O–H groups in total. The number of nitrogens with one attached hydrogen (secondary N) is 1. The second kappa shape index (κ2) is 5.38. The number of aliphatic hydroxyl groups is 2. The molecule has 1 amide bonds. The van der Waals surface area contributed by atoms with Gasteiger partial charge in [0.25, 0.3) is 5.91 Å². The molecule has 2 aromatic rings. The lowest BCUT2D eigenvalue weighted by molar-refractivity contribution is 0.0785. The van der Waals surface area contributed by atoms with E-state index in [0.717, 1.165) is 0 Å². The van der Waals surface area contributed by atoms with E-state index >= 15 is 0 Å². The van der Waals surface area contributed by atoms with Gasteiger partial charge in [0.1, 0.15) is 11.4 Å². The quantitative estimate of drug-likeness (QED) is 0.770. The van der Waals surface area contributed by atoms with Gasteiger partial charge < -0.3 is 19.9 Å². The van der Waals surface area contributed by atoms with Gasteiger partial charge in [-0.3, -0.25) is 4.79 Å². The highest BCUT2D eigenvalue weighted by Gasteiger charge is 2.18. The van der Waals surface area contributed by atoms with Gasteiger partial charge in [-0.2, -0.15) is 0 Å². The molecule has 0 bridgehead atoms. The third kappa shape index (κ3) is 2.74. The van der Waals surface area contributed by atoms with E-state index in [-0.39, 0.29) is 12.3 Å². The van der Waals surface area contributed by atoms with Crippen LogP contribution in [0, 0.1) is 12.7 Å². The van der Waals surface area contributed by atoms with Crippen molar-refractivity contribution in [1.29, 1.82) is 0 Å². The monoisotopic (exact) mass is 267 g/mol. The van der Waals surface area contributed by atoms with Crippen LogP contribution in [0.4, 0.5) is 4.39 Å². The SMILES string of the molecule is Cc1c(C(=O)NCC(O)CO)oc2ccc(F)cc12. The Morgan fingerprint density at radius 2 is 2.26 bits per heavy atom. The summed E-state index contributed by atoms with van der Waals surface area (Å²) in [4.78, 5) is 11.8. The van der Waals surface area contributed by atoms with E-state index in [4.69, 9.17) is 14.6 Å². The minimum Gasteiger partial charge on any atom is -0.451 e. The highest BCUT2D eigenvalue weighted by Crippen LogP contribution is 2.25. The van der Waals surface area contributed by atoms with E-state index in [9.17, 15) is 9.18 Å². The summed E-state index contributed by atoms with van der Waals surface area (Å²) in [6.07, 6.45) is -1.02. The van der Waals surface area contributed by atoms with Gasteiger partial charge in [0.2, 0.25) is 0 Å². The third-order valence-electron chi connectivity index (χ3n) is 2.81. The van der Waals surface area contributed by atoms with Crippen molar-refractivity contribution in [3.8, 4) is 0 Å². The molecule has 0 spiro atoms. The number of furan rings is 1. The number of aryl methyl sites for hydroxylation is 1. The van der Waals surface area contributed by atoms with Gasteiger partial charge in [-0.1, -0.05) is 0 Å². The van der Waals surface area contributed by atoms with Crippen molar-refractivity contribution >= 4 is 16.9 Å². The Labute approximate surface area is 108 Å². The average molecular weight is 267 g/mol. The van der Waals surface area contributed by atoms with Crippen LogP contribution >= 0.6 is 0 Å². The van der Waals surface area contributed by atoms with E-state index in [0.29, 0.717) is 16.5 Å². The Kier molecular flexibility index (Phi) is 3.82. The molecule has 0 saturated heterocycles. The zero-order chi connectivity index (χ0) is 14.0. The van der Waals surface area contributed by atoms with Crippen molar-refractivity contribution < 1.29 is 23.8 Å². The minimum absolute atomic E-state index is 0.0748. The van der Waals surface area contributed by atoms with Gasteiger partial charge in [-0.15, -0.1) is 0 Å². The maximum atomic E-state index is 13.1. The number of hydrogen-bond acceptors (Lipinski definition) is 4. The number of fused-ring (bicyclic) bond motifs is 1. The van der Waals surface area contributed by atoms with Gasteiger partial charge >= 0.3 is 0 Å². The maximum absolute atomic E-state index is 13.1. The standard InChI is InChI=1S/C13H14FNO4/c1-7-10-4-8(14)2-3-11(10)19-12(7)13(18)15-5-9(17)6-16/h2-4,9,16-17H,5-6H2,1H3,(H,15,18). The molecule has 102 valence electrons. The van der Waals surface area contributed by atoms with Gasteiger partial charge in [0.05, 0.1) is 12.7 Å². The van der Waals surface area contributed by atoms with Crippen molar-refractivity contribution in [3.05, 3.63) is 35.3 Å². The van der Waals surface area contributed by atoms with Crippen LogP contribution in [0.3, 0.4) is 0 Å². The lowest BCUT2D eigenvalue weighted by Crippen LogP contribution is -2.33. The molecule has 1 aromatic heterocycles. The largest absolute Gasteiger partial charge is 0.451 e. The van der Waals surface area contributed by atoms with Crippen molar-refractivity contribution in [2.24, 2.45) is 0 Å². The smallest absolute Gasteiger partial charge is 0.287 e. The van der Waals surface area contributed by atoms with Crippen LogP contribution in [0.1, 0.15) is 16.1 Å². The number of hydrogen-bond donors (Lipinski definition) is 3. The third-order valence-corrected chi connectivity index (χ3v) is 2.81. The number of rotatable bonds is 4. The number of amides is 1. The highest BCUT2D eigenvalue weighted by atomic mass is 19.1. The van der Waals surface area contributed by atoms with Gasteiger partial charge in [-0.25, -0.2) is 4.39 Å². The molecule has 0 aliphatic rings. The molecule has 0 saturated carbocycles. The van der Waals surface area contributed by atoms with Crippen LogP contribution < -0.4 is 5.32 Å². The predicted octanol–water partition coefficient (Wildman–Crippen LogP) is 0.963. The lowest BCUT2D eigenvalue weighted by atomic mass is 10.1. The molecule has 1 aromatic carbocycles.